The molecule has 1 N–H and O–H groups in total. The maximum absolute atomic E-state index is 11.1. The lowest BCUT2D eigenvalue weighted by molar-refractivity contribution is 0.0697. The number of hydrogen-bond donors (Lipinski definition) is 1. The standard InChI is InChI=1S/C17H18N2O3/c1-12-9-15(13-3-2-4-14(11-13)17(20)21)18-16(10-12)19-5-7-22-8-6-19/h2-4,9-11H,5-8H2,1H3,(H,20,21). The van der Waals surface area contributed by atoms with Crippen LogP contribution in [0.1, 0.15) is 15.9 Å². The second kappa shape index (κ2) is 6.15. The number of aryl methyl sites for hydroxylation is 1. The van der Waals surface area contributed by atoms with Gasteiger partial charge in [0.05, 0.1) is 24.5 Å². The van der Waals surface area contributed by atoms with E-state index in [1.54, 1.807) is 18.2 Å². The number of aromatic nitrogens is 1. The van der Waals surface area contributed by atoms with E-state index in [0.29, 0.717) is 13.2 Å². The number of ether oxygens (including phenoxy) is 1. The fourth-order valence-electron chi connectivity index (χ4n) is 2.56. The van der Waals surface area contributed by atoms with E-state index in [0.717, 1.165) is 35.7 Å². The molecule has 2 aromatic rings. The van der Waals surface area contributed by atoms with Gasteiger partial charge in [0.1, 0.15) is 5.82 Å². The smallest absolute Gasteiger partial charge is 0.335 e. The fourth-order valence-corrected chi connectivity index (χ4v) is 2.56. The number of nitrogens with zero attached hydrogens (tertiary/aromatic N) is 2. The van der Waals surface area contributed by atoms with Crippen molar-refractivity contribution in [2.75, 3.05) is 31.2 Å². The van der Waals surface area contributed by atoms with Crippen LogP contribution in [-0.2, 0) is 4.74 Å². The molecule has 5 heteroatoms. The zero-order valence-electron chi connectivity index (χ0n) is 12.5. The first-order valence-corrected chi connectivity index (χ1v) is 7.28. The largest absolute Gasteiger partial charge is 0.478 e. The Morgan fingerprint density at radius 1 is 1.23 bits per heavy atom. The van der Waals surface area contributed by atoms with Crippen molar-refractivity contribution >= 4 is 11.8 Å². The molecular formula is C17H18N2O3. The minimum absolute atomic E-state index is 0.272. The predicted molar refractivity (Wildman–Crippen MR) is 84.4 cm³/mol. The average Bonchev–Trinajstić information content (AvgIpc) is 2.55. The Bertz CT molecular complexity index is 694. The van der Waals surface area contributed by atoms with Crippen molar-refractivity contribution in [3.63, 3.8) is 0 Å². The molecule has 1 saturated heterocycles. The number of carbonyl (C=O) groups is 1. The number of carboxylic acid groups (broad SMARTS) is 1. The number of benzene rings is 1. The molecule has 0 atom stereocenters. The van der Waals surface area contributed by atoms with Gasteiger partial charge >= 0.3 is 5.97 Å². The van der Waals surface area contributed by atoms with Crippen LogP contribution >= 0.6 is 0 Å². The summed E-state index contributed by atoms with van der Waals surface area (Å²) in [7, 11) is 0. The second-order valence-corrected chi connectivity index (χ2v) is 5.37. The monoisotopic (exact) mass is 298 g/mol. The topological polar surface area (TPSA) is 62.7 Å². The Morgan fingerprint density at radius 2 is 2.00 bits per heavy atom. The van der Waals surface area contributed by atoms with Crippen molar-refractivity contribution in [3.8, 4) is 11.3 Å². The molecule has 0 saturated carbocycles. The number of hydrogen-bond acceptors (Lipinski definition) is 4. The number of anilines is 1. The lowest BCUT2D eigenvalue weighted by Crippen LogP contribution is -2.36. The van der Waals surface area contributed by atoms with Crippen LogP contribution < -0.4 is 4.90 Å². The third-order valence-electron chi connectivity index (χ3n) is 3.70. The summed E-state index contributed by atoms with van der Waals surface area (Å²) in [6.45, 7) is 5.09. The molecule has 1 aliphatic rings. The Kier molecular flexibility index (Phi) is 4.06. The van der Waals surface area contributed by atoms with Gasteiger partial charge in [-0.3, -0.25) is 0 Å². The molecule has 0 spiro atoms. The number of morpholine rings is 1. The summed E-state index contributed by atoms with van der Waals surface area (Å²) in [6, 6.07) is 10.9. The molecule has 1 aromatic carbocycles. The number of pyridine rings is 1. The van der Waals surface area contributed by atoms with Crippen molar-refractivity contribution in [1.82, 2.24) is 4.98 Å². The summed E-state index contributed by atoms with van der Waals surface area (Å²) in [5.41, 5.74) is 2.99. The van der Waals surface area contributed by atoms with Gasteiger partial charge in [0, 0.05) is 18.7 Å². The molecule has 1 aliphatic heterocycles. The minimum Gasteiger partial charge on any atom is -0.478 e. The molecule has 1 fully saturated rings. The van der Waals surface area contributed by atoms with E-state index < -0.39 is 5.97 Å². The molecular weight excluding hydrogens is 280 g/mol. The van der Waals surface area contributed by atoms with Gasteiger partial charge in [-0.1, -0.05) is 12.1 Å². The second-order valence-electron chi connectivity index (χ2n) is 5.37. The van der Waals surface area contributed by atoms with E-state index in [9.17, 15) is 4.79 Å². The maximum Gasteiger partial charge on any atom is 0.335 e. The first kappa shape index (κ1) is 14.5. The molecule has 0 amide bonds. The van der Waals surface area contributed by atoms with Crippen LogP contribution in [0.2, 0.25) is 0 Å². The van der Waals surface area contributed by atoms with Gasteiger partial charge in [0.2, 0.25) is 0 Å². The number of rotatable bonds is 3. The van der Waals surface area contributed by atoms with Crippen molar-refractivity contribution in [2.24, 2.45) is 0 Å². The Morgan fingerprint density at radius 3 is 2.73 bits per heavy atom. The van der Waals surface area contributed by atoms with Crippen LogP contribution in [-0.4, -0.2) is 42.4 Å². The van der Waals surface area contributed by atoms with Crippen LogP contribution in [0, 0.1) is 6.92 Å². The zero-order valence-corrected chi connectivity index (χ0v) is 12.5. The van der Waals surface area contributed by atoms with Crippen molar-refractivity contribution in [1.29, 1.82) is 0 Å². The minimum atomic E-state index is -0.928. The Balaban J connectivity index is 1.98. The highest BCUT2D eigenvalue weighted by Crippen LogP contribution is 2.24. The summed E-state index contributed by atoms with van der Waals surface area (Å²) in [5.74, 6) is -0.0121. The summed E-state index contributed by atoms with van der Waals surface area (Å²) in [5, 5.41) is 9.13. The lowest BCUT2D eigenvalue weighted by atomic mass is 10.1. The highest BCUT2D eigenvalue weighted by Gasteiger charge is 2.14. The van der Waals surface area contributed by atoms with Crippen LogP contribution in [0.5, 0.6) is 0 Å². The molecule has 1 aromatic heterocycles. The van der Waals surface area contributed by atoms with Crippen LogP contribution in [0.15, 0.2) is 36.4 Å². The third-order valence-corrected chi connectivity index (χ3v) is 3.70. The van der Waals surface area contributed by atoms with E-state index >= 15 is 0 Å². The first-order valence-electron chi connectivity index (χ1n) is 7.28. The first-order chi connectivity index (χ1) is 10.6. The normalized spacial score (nSPS) is 14.9. The SMILES string of the molecule is Cc1cc(-c2cccc(C(=O)O)c2)nc(N2CCOCC2)c1. The molecule has 114 valence electrons. The van der Waals surface area contributed by atoms with E-state index in [1.807, 2.05) is 19.1 Å². The molecule has 0 radical (unpaired) electrons. The summed E-state index contributed by atoms with van der Waals surface area (Å²) in [6.07, 6.45) is 0. The predicted octanol–water partition coefficient (Wildman–Crippen LogP) is 2.59. The quantitative estimate of drug-likeness (QED) is 0.943. The average molecular weight is 298 g/mol. The van der Waals surface area contributed by atoms with E-state index in [4.69, 9.17) is 14.8 Å². The van der Waals surface area contributed by atoms with Crippen LogP contribution in [0.25, 0.3) is 11.3 Å². The van der Waals surface area contributed by atoms with Crippen molar-refractivity contribution in [2.45, 2.75) is 6.92 Å². The van der Waals surface area contributed by atoms with E-state index in [-0.39, 0.29) is 5.56 Å². The highest BCUT2D eigenvalue weighted by atomic mass is 16.5. The van der Waals surface area contributed by atoms with Crippen LogP contribution in [0.4, 0.5) is 5.82 Å². The van der Waals surface area contributed by atoms with Crippen LogP contribution in [0.3, 0.4) is 0 Å². The summed E-state index contributed by atoms with van der Waals surface area (Å²) >= 11 is 0. The molecule has 0 bridgehead atoms. The number of aromatic carboxylic acids is 1. The van der Waals surface area contributed by atoms with Gasteiger partial charge in [-0.25, -0.2) is 9.78 Å². The highest BCUT2D eigenvalue weighted by molar-refractivity contribution is 5.89. The molecule has 22 heavy (non-hydrogen) atoms. The van der Waals surface area contributed by atoms with E-state index in [2.05, 4.69) is 11.0 Å². The molecule has 2 heterocycles. The van der Waals surface area contributed by atoms with Gasteiger partial charge in [-0.2, -0.15) is 0 Å². The lowest BCUT2D eigenvalue weighted by Gasteiger charge is -2.28. The fraction of sp³-hybridized carbons (Fsp3) is 0.294. The van der Waals surface area contributed by atoms with Gasteiger partial charge in [-0.05, 0) is 36.8 Å². The van der Waals surface area contributed by atoms with E-state index in [1.165, 1.54) is 0 Å². The Hall–Kier alpha value is -2.40. The Labute approximate surface area is 129 Å². The van der Waals surface area contributed by atoms with Gasteiger partial charge in [0.15, 0.2) is 0 Å². The zero-order chi connectivity index (χ0) is 15.5. The summed E-state index contributed by atoms with van der Waals surface area (Å²) in [4.78, 5) is 18.0. The summed E-state index contributed by atoms with van der Waals surface area (Å²) < 4.78 is 5.37. The number of carboxylic acids is 1. The van der Waals surface area contributed by atoms with Gasteiger partial charge < -0.3 is 14.7 Å². The third kappa shape index (κ3) is 3.09. The van der Waals surface area contributed by atoms with Gasteiger partial charge in [0.25, 0.3) is 0 Å². The van der Waals surface area contributed by atoms with Gasteiger partial charge in [-0.15, -0.1) is 0 Å². The molecule has 0 unspecified atom stereocenters. The van der Waals surface area contributed by atoms with Crippen molar-refractivity contribution in [3.05, 3.63) is 47.5 Å². The maximum atomic E-state index is 11.1. The molecule has 3 rings (SSSR count). The molecule has 5 nitrogen and oxygen atoms in total. The van der Waals surface area contributed by atoms with Crippen molar-refractivity contribution < 1.29 is 14.6 Å². The molecule has 0 aliphatic carbocycles.